The van der Waals surface area contributed by atoms with Crippen LogP contribution >= 0.6 is 11.3 Å². The molecule has 0 saturated carbocycles. The van der Waals surface area contributed by atoms with Crippen LogP contribution in [0.15, 0.2) is 0 Å². The molecule has 2 N–H and O–H groups in total. The largest absolute Gasteiger partial charge is 0.370 e. The molecule has 0 spiro atoms. The van der Waals surface area contributed by atoms with E-state index in [0.717, 1.165) is 51.0 Å². The molecule has 23 heavy (non-hydrogen) atoms. The smallest absolute Gasteiger partial charge is 0.139 e. The Morgan fingerprint density at radius 1 is 1.17 bits per heavy atom. The molecule has 0 unspecified atom stereocenters. The van der Waals surface area contributed by atoms with E-state index in [-0.39, 0.29) is 0 Å². The van der Waals surface area contributed by atoms with Gasteiger partial charge in [-0.25, -0.2) is 9.97 Å². The third kappa shape index (κ3) is 3.20. The van der Waals surface area contributed by atoms with Gasteiger partial charge >= 0.3 is 0 Å². The predicted octanol–water partition coefficient (Wildman–Crippen LogP) is 1.21. The van der Waals surface area contributed by atoms with Crippen molar-refractivity contribution < 1.29 is 9.64 Å². The lowest BCUT2D eigenvalue weighted by Gasteiger charge is -2.23. The first-order valence-electron chi connectivity index (χ1n) is 8.75. The van der Waals surface area contributed by atoms with Gasteiger partial charge in [0.1, 0.15) is 29.6 Å². The number of ether oxygens (including phenoxy) is 1. The maximum atomic E-state index is 5.43. The zero-order valence-corrected chi connectivity index (χ0v) is 14.6. The highest BCUT2D eigenvalue weighted by molar-refractivity contribution is 7.19. The maximum Gasteiger partial charge on any atom is 0.139 e. The fraction of sp³-hybridized carbons (Fsp3) is 0.647. The van der Waals surface area contributed by atoms with E-state index in [1.165, 1.54) is 46.3 Å². The number of quaternary nitrogens is 1. The van der Waals surface area contributed by atoms with E-state index in [9.17, 15) is 0 Å². The molecular weight excluding hydrogens is 308 g/mol. The predicted molar refractivity (Wildman–Crippen MR) is 93.7 cm³/mol. The van der Waals surface area contributed by atoms with Crippen LogP contribution in [0.4, 0.5) is 5.82 Å². The number of fused-ring (bicyclic) bond motifs is 3. The van der Waals surface area contributed by atoms with Gasteiger partial charge in [0.2, 0.25) is 0 Å². The second-order valence-corrected chi connectivity index (χ2v) is 7.63. The van der Waals surface area contributed by atoms with Crippen molar-refractivity contribution in [3.8, 4) is 0 Å². The van der Waals surface area contributed by atoms with Gasteiger partial charge < -0.3 is 15.0 Å². The first kappa shape index (κ1) is 15.3. The van der Waals surface area contributed by atoms with Crippen LogP contribution in [0.25, 0.3) is 10.2 Å². The molecule has 3 heterocycles. The van der Waals surface area contributed by atoms with Crippen molar-refractivity contribution >= 4 is 27.4 Å². The van der Waals surface area contributed by atoms with Gasteiger partial charge in [0.05, 0.1) is 31.7 Å². The molecule has 5 nitrogen and oxygen atoms in total. The molecule has 2 aromatic heterocycles. The number of aromatic nitrogens is 2. The number of thiophene rings is 1. The summed E-state index contributed by atoms with van der Waals surface area (Å²) in [5.41, 5.74) is 1.51. The number of morpholine rings is 1. The Morgan fingerprint density at radius 3 is 2.87 bits per heavy atom. The zero-order chi connectivity index (χ0) is 15.6. The van der Waals surface area contributed by atoms with Crippen LogP contribution in [-0.2, 0) is 17.6 Å². The second-order valence-electron chi connectivity index (χ2n) is 6.55. The quantitative estimate of drug-likeness (QED) is 0.883. The van der Waals surface area contributed by atoms with Crippen molar-refractivity contribution in [2.45, 2.75) is 32.6 Å². The van der Waals surface area contributed by atoms with Crippen LogP contribution in [-0.4, -0.2) is 49.4 Å². The Labute approximate surface area is 141 Å². The highest BCUT2D eigenvalue weighted by Gasteiger charge is 2.21. The minimum absolute atomic E-state index is 0.873. The first-order chi connectivity index (χ1) is 11.3. The summed E-state index contributed by atoms with van der Waals surface area (Å²) in [6, 6.07) is 0. The van der Waals surface area contributed by atoms with Gasteiger partial charge in [-0.05, 0) is 38.2 Å². The molecule has 6 heteroatoms. The molecule has 1 saturated heterocycles. The van der Waals surface area contributed by atoms with Crippen LogP contribution in [0.2, 0.25) is 0 Å². The Kier molecular flexibility index (Phi) is 4.46. The number of nitrogens with one attached hydrogen (secondary N) is 2. The van der Waals surface area contributed by atoms with Crippen molar-refractivity contribution in [3.63, 3.8) is 0 Å². The Balaban J connectivity index is 1.54. The van der Waals surface area contributed by atoms with Gasteiger partial charge in [-0.15, -0.1) is 11.3 Å². The fourth-order valence-electron chi connectivity index (χ4n) is 3.66. The molecule has 1 aliphatic heterocycles. The second kappa shape index (κ2) is 6.71. The standard InChI is InChI=1S/C17H24N4OS/c1-12-19-16(18-6-7-21-8-10-22-11-9-21)15-13-4-2-3-5-14(13)23-17(15)20-12/h2-11H2,1H3,(H,18,19,20)/p+1. The number of aryl methyl sites for hydroxylation is 3. The average Bonchev–Trinajstić information content (AvgIpc) is 2.93. The molecule has 124 valence electrons. The molecule has 0 amide bonds. The number of hydrogen-bond donors (Lipinski definition) is 2. The van der Waals surface area contributed by atoms with Gasteiger partial charge in [0, 0.05) is 4.88 Å². The summed E-state index contributed by atoms with van der Waals surface area (Å²) in [5, 5.41) is 4.90. The molecule has 4 rings (SSSR count). The number of hydrogen-bond acceptors (Lipinski definition) is 5. The molecular formula is C17H25N4OS+. The molecule has 2 aliphatic rings. The van der Waals surface area contributed by atoms with Gasteiger partial charge in [-0.2, -0.15) is 0 Å². The third-order valence-electron chi connectivity index (χ3n) is 4.90. The van der Waals surface area contributed by atoms with Crippen LogP contribution in [0, 0.1) is 6.92 Å². The number of rotatable bonds is 4. The van der Waals surface area contributed by atoms with E-state index in [1.807, 2.05) is 18.3 Å². The van der Waals surface area contributed by atoms with Crippen molar-refractivity contribution in [3.05, 3.63) is 16.3 Å². The van der Waals surface area contributed by atoms with Gasteiger partial charge in [-0.3, -0.25) is 0 Å². The van der Waals surface area contributed by atoms with Crippen molar-refractivity contribution in [2.24, 2.45) is 0 Å². The topological polar surface area (TPSA) is 51.5 Å². The molecule has 2 aromatic rings. The lowest BCUT2D eigenvalue weighted by Crippen LogP contribution is -3.14. The monoisotopic (exact) mass is 333 g/mol. The van der Waals surface area contributed by atoms with Gasteiger partial charge in [0.15, 0.2) is 0 Å². The van der Waals surface area contributed by atoms with Crippen LogP contribution in [0.1, 0.15) is 29.1 Å². The van der Waals surface area contributed by atoms with Crippen LogP contribution in [0.3, 0.4) is 0 Å². The van der Waals surface area contributed by atoms with Crippen molar-refractivity contribution in [2.75, 3.05) is 44.7 Å². The maximum absolute atomic E-state index is 5.43. The van der Waals surface area contributed by atoms with E-state index in [4.69, 9.17) is 9.72 Å². The van der Waals surface area contributed by atoms with E-state index in [2.05, 4.69) is 10.3 Å². The van der Waals surface area contributed by atoms with Gasteiger partial charge in [-0.1, -0.05) is 0 Å². The minimum atomic E-state index is 0.873. The first-order valence-corrected chi connectivity index (χ1v) is 9.57. The highest BCUT2D eigenvalue weighted by atomic mass is 32.1. The van der Waals surface area contributed by atoms with Crippen LogP contribution in [0.5, 0.6) is 0 Å². The Morgan fingerprint density at radius 2 is 2.00 bits per heavy atom. The van der Waals surface area contributed by atoms with E-state index in [1.54, 1.807) is 4.90 Å². The summed E-state index contributed by atoms with van der Waals surface area (Å²) in [6.45, 7) is 8.11. The number of nitrogens with zero attached hydrogens (tertiary/aromatic N) is 2. The van der Waals surface area contributed by atoms with Crippen LogP contribution < -0.4 is 10.2 Å². The van der Waals surface area contributed by atoms with Gasteiger partial charge in [0.25, 0.3) is 0 Å². The van der Waals surface area contributed by atoms with E-state index >= 15 is 0 Å². The normalized spacial score (nSPS) is 19.0. The lowest BCUT2D eigenvalue weighted by molar-refractivity contribution is -0.906. The third-order valence-corrected chi connectivity index (χ3v) is 6.08. The van der Waals surface area contributed by atoms with Crippen molar-refractivity contribution in [1.29, 1.82) is 0 Å². The molecule has 0 bridgehead atoms. The molecule has 1 aliphatic carbocycles. The summed E-state index contributed by atoms with van der Waals surface area (Å²) in [6.07, 6.45) is 5.01. The Bertz CT molecular complexity index is 693. The zero-order valence-electron chi connectivity index (χ0n) is 13.8. The summed E-state index contributed by atoms with van der Waals surface area (Å²) >= 11 is 1.88. The molecule has 0 radical (unpaired) electrons. The van der Waals surface area contributed by atoms with E-state index < -0.39 is 0 Å². The molecule has 0 atom stereocenters. The molecule has 0 aromatic carbocycles. The van der Waals surface area contributed by atoms with E-state index in [0.29, 0.717) is 0 Å². The highest BCUT2D eigenvalue weighted by Crippen LogP contribution is 2.38. The minimum Gasteiger partial charge on any atom is -0.370 e. The Hall–Kier alpha value is -1.24. The molecule has 1 fully saturated rings. The summed E-state index contributed by atoms with van der Waals surface area (Å²) in [4.78, 5) is 13.7. The van der Waals surface area contributed by atoms with Crippen molar-refractivity contribution in [1.82, 2.24) is 9.97 Å². The summed E-state index contributed by atoms with van der Waals surface area (Å²) in [7, 11) is 0. The SMILES string of the molecule is Cc1nc(NCC[NH+]2CCOCC2)c2c3c(sc2n1)CCCC3. The average molecular weight is 333 g/mol. The summed E-state index contributed by atoms with van der Waals surface area (Å²) in [5.74, 6) is 1.93. The number of anilines is 1. The fourth-order valence-corrected chi connectivity index (χ4v) is 4.97. The summed E-state index contributed by atoms with van der Waals surface area (Å²) < 4.78 is 5.43. The lowest BCUT2D eigenvalue weighted by atomic mass is 9.97.